The summed E-state index contributed by atoms with van der Waals surface area (Å²) in [6.07, 6.45) is 5.66. The molecule has 2 bridgehead atoms. The van der Waals surface area contributed by atoms with Crippen LogP contribution < -0.4 is 0 Å². The molecule has 2 rings (SSSR count). The van der Waals surface area contributed by atoms with Gasteiger partial charge in [0.25, 0.3) is 0 Å². The number of allylic oxidation sites excluding steroid dienone is 2. The number of nitrogens with zero attached hydrogens (tertiary/aromatic N) is 1. The fourth-order valence-electron chi connectivity index (χ4n) is 3.40. The molecule has 0 unspecified atom stereocenters. The normalized spacial score (nSPS) is 32.6. The van der Waals surface area contributed by atoms with Crippen LogP contribution >= 0.6 is 0 Å². The number of rotatable bonds is 4. The van der Waals surface area contributed by atoms with Gasteiger partial charge in [-0.15, -0.1) is 0 Å². The van der Waals surface area contributed by atoms with E-state index in [1.165, 1.54) is 7.11 Å². The maximum Gasteiger partial charge on any atom is 0.322 e. The van der Waals surface area contributed by atoms with Crippen LogP contribution in [0, 0.1) is 17.3 Å². The molecule has 3 atom stereocenters. The van der Waals surface area contributed by atoms with E-state index in [1.54, 1.807) is 4.90 Å². The highest BCUT2D eigenvalue weighted by Gasteiger charge is 2.60. The molecule has 0 aromatic rings. The third-order valence-corrected chi connectivity index (χ3v) is 4.37. The predicted molar refractivity (Wildman–Crippen MR) is 67.7 cm³/mol. The largest absolute Gasteiger partial charge is 0.468 e. The summed E-state index contributed by atoms with van der Waals surface area (Å²) in [5, 5.41) is 0. The molecule has 1 amide bonds. The fraction of sp³-hybridized carbons (Fsp3) is 0.714. The van der Waals surface area contributed by atoms with Crippen molar-refractivity contribution in [3.05, 3.63) is 12.2 Å². The van der Waals surface area contributed by atoms with Crippen LogP contribution in [0.15, 0.2) is 12.2 Å². The van der Waals surface area contributed by atoms with Gasteiger partial charge in [0, 0.05) is 19.0 Å². The molecular weight excluding hydrogens is 230 g/mol. The summed E-state index contributed by atoms with van der Waals surface area (Å²) in [7, 11) is 1.37. The topological polar surface area (TPSA) is 46.6 Å². The summed E-state index contributed by atoms with van der Waals surface area (Å²) in [5.41, 5.74) is -0.958. The summed E-state index contributed by atoms with van der Waals surface area (Å²) in [6.45, 7) is 5.15. The second kappa shape index (κ2) is 4.75. The number of amides is 1. The van der Waals surface area contributed by atoms with E-state index in [0.29, 0.717) is 25.4 Å². The first-order valence-corrected chi connectivity index (χ1v) is 6.66. The Morgan fingerprint density at radius 3 is 2.39 bits per heavy atom. The first-order chi connectivity index (χ1) is 8.59. The van der Waals surface area contributed by atoms with E-state index >= 15 is 0 Å². The highest BCUT2D eigenvalue weighted by atomic mass is 16.5. The van der Waals surface area contributed by atoms with Crippen LogP contribution in [-0.2, 0) is 14.3 Å². The monoisotopic (exact) mass is 251 g/mol. The SMILES string of the molecule is CCN(CC)C(=O)[C@@]1(C(=O)OC)C[C@@H]2C=C[C@H]1C2. The molecule has 0 saturated heterocycles. The number of ether oxygens (including phenoxy) is 1. The second-order valence-corrected chi connectivity index (χ2v) is 5.13. The Hall–Kier alpha value is -1.32. The van der Waals surface area contributed by atoms with E-state index in [9.17, 15) is 9.59 Å². The van der Waals surface area contributed by atoms with Gasteiger partial charge in [-0.2, -0.15) is 0 Å². The molecule has 4 nitrogen and oxygen atoms in total. The summed E-state index contributed by atoms with van der Waals surface area (Å²) >= 11 is 0. The second-order valence-electron chi connectivity index (χ2n) is 5.13. The third-order valence-electron chi connectivity index (χ3n) is 4.37. The average Bonchev–Trinajstić information content (AvgIpc) is 2.99. The summed E-state index contributed by atoms with van der Waals surface area (Å²) in [6, 6.07) is 0. The standard InChI is InChI=1S/C14H21NO3/c1-4-15(5-2)12(16)14(13(17)18-3)9-10-6-7-11(14)8-10/h6-7,10-11H,4-5,8-9H2,1-3H3/t10-,11+,14-/m1/s1. The van der Waals surface area contributed by atoms with Crippen molar-refractivity contribution in [2.45, 2.75) is 26.7 Å². The van der Waals surface area contributed by atoms with Crippen LogP contribution in [0.5, 0.6) is 0 Å². The average molecular weight is 251 g/mol. The summed E-state index contributed by atoms with van der Waals surface area (Å²) in [4.78, 5) is 26.7. The minimum absolute atomic E-state index is 0.0167. The van der Waals surface area contributed by atoms with Crippen LogP contribution in [0.4, 0.5) is 0 Å². The first-order valence-electron chi connectivity index (χ1n) is 6.66. The molecule has 0 heterocycles. The summed E-state index contributed by atoms with van der Waals surface area (Å²) in [5.74, 6) is -0.0517. The molecule has 0 spiro atoms. The van der Waals surface area contributed by atoms with Crippen molar-refractivity contribution in [3.63, 3.8) is 0 Å². The van der Waals surface area contributed by atoms with E-state index < -0.39 is 5.41 Å². The Bertz CT molecular complexity index is 387. The number of fused-ring (bicyclic) bond motifs is 2. The van der Waals surface area contributed by atoms with Gasteiger partial charge in [0.2, 0.25) is 5.91 Å². The van der Waals surface area contributed by atoms with Crippen molar-refractivity contribution < 1.29 is 14.3 Å². The molecular formula is C14H21NO3. The Morgan fingerprint density at radius 1 is 1.33 bits per heavy atom. The fourth-order valence-corrected chi connectivity index (χ4v) is 3.40. The quantitative estimate of drug-likeness (QED) is 0.433. The van der Waals surface area contributed by atoms with Crippen LogP contribution in [0.25, 0.3) is 0 Å². The van der Waals surface area contributed by atoms with E-state index in [-0.39, 0.29) is 17.8 Å². The zero-order valence-electron chi connectivity index (χ0n) is 11.3. The molecule has 0 radical (unpaired) electrons. The molecule has 0 aromatic heterocycles. The van der Waals surface area contributed by atoms with Gasteiger partial charge in [0.1, 0.15) is 0 Å². The van der Waals surface area contributed by atoms with Crippen LogP contribution in [0.3, 0.4) is 0 Å². The van der Waals surface area contributed by atoms with Gasteiger partial charge in [-0.05, 0) is 32.6 Å². The Kier molecular flexibility index (Phi) is 3.46. The molecule has 1 fully saturated rings. The molecule has 4 heteroatoms. The first kappa shape index (κ1) is 13.1. The van der Waals surface area contributed by atoms with E-state index in [4.69, 9.17) is 4.74 Å². The van der Waals surface area contributed by atoms with Crippen molar-refractivity contribution in [1.29, 1.82) is 0 Å². The minimum Gasteiger partial charge on any atom is -0.468 e. The molecule has 2 aliphatic carbocycles. The zero-order valence-corrected chi connectivity index (χ0v) is 11.3. The lowest BCUT2D eigenvalue weighted by Crippen LogP contribution is -2.51. The highest BCUT2D eigenvalue weighted by molar-refractivity contribution is 6.04. The lowest BCUT2D eigenvalue weighted by Gasteiger charge is -2.35. The van der Waals surface area contributed by atoms with Gasteiger partial charge in [0.15, 0.2) is 5.41 Å². The zero-order chi connectivity index (χ0) is 13.3. The van der Waals surface area contributed by atoms with Crippen molar-refractivity contribution in [3.8, 4) is 0 Å². The number of methoxy groups -OCH3 is 1. The minimum atomic E-state index is -0.958. The van der Waals surface area contributed by atoms with Crippen molar-refractivity contribution in [2.24, 2.45) is 17.3 Å². The van der Waals surface area contributed by atoms with Crippen LogP contribution in [0.2, 0.25) is 0 Å². The maximum absolute atomic E-state index is 12.7. The molecule has 18 heavy (non-hydrogen) atoms. The number of carbonyl (C=O) groups is 2. The van der Waals surface area contributed by atoms with Gasteiger partial charge in [-0.1, -0.05) is 12.2 Å². The lowest BCUT2D eigenvalue weighted by molar-refractivity contribution is -0.165. The van der Waals surface area contributed by atoms with Gasteiger partial charge >= 0.3 is 5.97 Å². The van der Waals surface area contributed by atoms with Crippen LogP contribution in [-0.4, -0.2) is 37.0 Å². The molecule has 2 aliphatic rings. The van der Waals surface area contributed by atoms with Gasteiger partial charge in [0.05, 0.1) is 7.11 Å². The Balaban J connectivity index is 2.35. The van der Waals surface area contributed by atoms with Gasteiger partial charge < -0.3 is 9.64 Å². The van der Waals surface area contributed by atoms with E-state index in [1.807, 2.05) is 19.9 Å². The molecule has 100 valence electrons. The maximum atomic E-state index is 12.7. The van der Waals surface area contributed by atoms with Crippen molar-refractivity contribution in [1.82, 2.24) is 4.90 Å². The van der Waals surface area contributed by atoms with E-state index in [2.05, 4.69) is 6.08 Å². The van der Waals surface area contributed by atoms with E-state index in [0.717, 1.165) is 6.42 Å². The molecule has 0 aromatic carbocycles. The Labute approximate surface area is 108 Å². The predicted octanol–water partition coefficient (Wildman–Crippen LogP) is 1.61. The van der Waals surface area contributed by atoms with Gasteiger partial charge in [-0.3, -0.25) is 9.59 Å². The third kappa shape index (κ3) is 1.66. The number of hydrogen-bond donors (Lipinski definition) is 0. The molecule has 0 N–H and O–H groups in total. The number of hydrogen-bond acceptors (Lipinski definition) is 3. The summed E-state index contributed by atoms with van der Waals surface area (Å²) < 4.78 is 4.93. The van der Waals surface area contributed by atoms with Crippen molar-refractivity contribution in [2.75, 3.05) is 20.2 Å². The Morgan fingerprint density at radius 2 is 2.00 bits per heavy atom. The number of carbonyl (C=O) groups excluding carboxylic acids is 2. The van der Waals surface area contributed by atoms with Crippen molar-refractivity contribution >= 4 is 11.9 Å². The van der Waals surface area contributed by atoms with Crippen LogP contribution in [0.1, 0.15) is 26.7 Å². The molecule has 1 saturated carbocycles. The number of esters is 1. The highest BCUT2D eigenvalue weighted by Crippen LogP contribution is 2.53. The van der Waals surface area contributed by atoms with Gasteiger partial charge in [-0.25, -0.2) is 0 Å². The smallest absolute Gasteiger partial charge is 0.322 e. The molecule has 0 aliphatic heterocycles. The lowest BCUT2D eigenvalue weighted by atomic mass is 9.74.